The van der Waals surface area contributed by atoms with Gasteiger partial charge >= 0.3 is 0 Å². The van der Waals surface area contributed by atoms with Gasteiger partial charge in [-0.25, -0.2) is 0 Å². The SMILES string of the molecule is Cc1cc(C#N)c2c(c1)CCC(C)O2. The number of benzene rings is 1. The minimum absolute atomic E-state index is 0.234. The van der Waals surface area contributed by atoms with Crippen LogP contribution in [0.2, 0.25) is 0 Å². The van der Waals surface area contributed by atoms with Crippen LogP contribution in [-0.4, -0.2) is 6.10 Å². The van der Waals surface area contributed by atoms with Gasteiger partial charge in [0.25, 0.3) is 0 Å². The first-order chi connectivity index (χ1) is 6.70. The lowest BCUT2D eigenvalue weighted by molar-refractivity contribution is 0.192. The largest absolute Gasteiger partial charge is 0.489 e. The van der Waals surface area contributed by atoms with Gasteiger partial charge in [-0.2, -0.15) is 5.26 Å². The molecule has 1 aromatic carbocycles. The van der Waals surface area contributed by atoms with E-state index >= 15 is 0 Å². The summed E-state index contributed by atoms with van der Waals surface area (Å²) in [6, 6.07) is 6.19. The molecule has 2 rings (SSSR count). The van der Waals surface area contributed by atoms with Crippen LogP contribution in [0.4, 0.5) is 0 Å². The van der Waals surface area contributed by atoms with Crippen LogP contribution in [0, 0.1) is 18.3 Å². The molecule has 0 fully saturated rings. The van der Waals surface area contributed by atoms with E-state index in [1.165, 1.54) is 5.56 Å². The van der Waals surface area contributed by atoms with Crippen molar-refractivity contribution < 1.29 is 4.74 Å². The molecule has 1 aliphatic heterocycles. The summed E-state index contributed by atoms with van der Waals surface area (Å²) >= 11 is 0. The van der Waals surface area contributed by atoms with Gasteiger partial charge < -0.3 is 4.74 Å². The number of rotatable bonds is 0. The molecule has 2 heteroatoms. The maximum absolute atomic E-state index is 8.97. The van der Waals surface area contributed by atoms with Gasteiger partial charge in [0.1, 0.15) is 11.8 Å². The zero-order valence-corrected chi connectivity index (χ0v) is 8.50. The molecule has 2 nitrogen and oxygen atoms in total. The minimum Gasteiger partial charge on any atom is -0.489 e. The molecule has 72 valence electrons. The fourth-order valence-corrected chi connectivity index (χ4v) is 1.88. The second kappa shape index (κ2) is 3.34. The summed E-state index contributed by atoms with van der Waals surface area (Å²) in [7, 11) is 0. The summed E-state index contributed by atoms with van der Waals surface area (Å²) in [5.74, 6) is 0.803. The highest BCUT2D eigenvalue weighted by molar-refractivity contribution is 5.51. The average molecular weight is 187 g/mol. The molecule has 14 heavy (non-hydrogen) atoms. The number of aryl methyl sites for hydroxylation is 2. The van der Waals surface area contributed by atoms with Crippen molar-refractivity contribution in [2.45, 2.75) is 32.8 Å². The summed E-state index contributed by atoms with van der Waals surface area (Å²) in [4.78, 5) is 0. The molecular formula is C12H13NO. The molecular weight excluding hydrogens is 174 g/mol. The molecule has 1 atom stereocenters. The molecule has 0 amide bonds. The molecule has 1 unspecified atom stereocenters. The van der Waals surface area contributed by atoms with E-state index in [0.717, 1.165) is 24.2 Å². The Morgan fingerprint density at radius 2 is 2.29 bits per heavy atom. The van der Waals surface area contributed by atoms with E-state index in [1.54, 1.807) is 0 Å². The van der Waals surface area contributed by atoms with Crippen LogP contribution in [0.5, 0.6) is 5.75 Å². The fourth-order valence-electron chi connectivity index (χ4n) is 1.88. The molecule has 1 aromatic rings. The topological polar surface area (TPSA) is 33.0 Å². The van der Waals surface area contributed by atoms with Crippen molar-refractivity contribution in [3.63, 3.8) is 0 Å². The second-order valence-electron chi connectivity index (χ2n) is 3.88. The van der Waals surface area contributed by atoms with Crippen LogP contribution < -0.4 is 4.74 Å². The minimum atomic E-state index is 0.234. The lowest BCUT2D eigenvalue weighted by atomic mass is 9.98. The molecule has 0 spiro atoms. The van der Waals surface area contributed by atoms with Gasteiger partial charge in [0.2, 0.25) is 0 Å². The summed E-state index contributed by atoms with van der Waals surface area (Å²) in [6.07, 6.45) is 2.30. The van der Waals surface area contributed by atoms with E-state index in [-0.39, 0.29) is 6.10 Å². The summed E-state index contributed by atoms with van der Waals surface area (Å²) in [6.45, 7) is 4.06. The van der Waals surface area contributed by atoms with Crippen molar-refractivity contribution in [3.05, 3.63) is 28.8 Å². The van der Waals surface area contributed by atoms with Gasteiger partial charge in [-0.1, -0.05) is 6.07 Å². The Morgan fingerprint density at radius 1 is 1.50 bits per heavy atom. The van der Waals surface area contributed by atoms with E-state index in [4.69, 9.17) is 10.00 Å². The van der Waals surface area contributed by atoms with Gasteiger partial charge in [0, 0.05) is 0 Å². The van der Waals surface area contributed by atoms with E-state index in [2.05, 4.69) is 12.1 Å². The molecule has 0 bridgehead atoms. The molecule has 0 radical (unpaired) electrons. The maximum Gasteiger partial charge on any atom is 0.140 e. The Balaban J connectivity index is 2.54. The Kier molecular flexibility index (Phi) is 2.17. The van der Waals surface area contributed by atoms with Crippen molar-refractivity contribution in [3.8, 4) is 11.8 Å². The number of hydrogen-bond donors (Lipinski definition) is 0. The lowest BCUT2D eigenvalue weighted by Crippen LogP contribution is -2.19. The molecule has 0 saturated heterocycles. The maximum atomic E-state index is 8.97. The van der Waals surface area contributed by atoms with Gasteiger partial charge in [0.05, 0.1) is 11.7 Å². The predicted octanol–water partition coefficient (Wildman–Crippen LogP) is 2.58. The van der Waals surface area contributed by atoms with Crippen LogP contribution in [0.25, 0.3) is 0 Å². The standard InChI is InChI=1S/C12H13NO/c1-8-5-10-4-3-9(2)14-12(10)11(6-8)7-13/h5-6,9H,3-4H2,1-2H3. The van der Waals surface area contributed by atoms with E-state index in [9.17, 15) is 0 Å². The zero-order chi connectivity index (χ0) is 10.1. The van der Waals surface area contributed by atoms with Crippen LogP contribution >= 0.6 is 0 Å². The van der Waals surface area contributed by atoms with Crippen molar-refractivity contribution in [1.82, 2.24) is 0 Å². The third-order valence-electron chi connectivity index (χ3n) is 2.57. The molecule has 0 N–H and O–H groups in total. The van der Waals surface area contributed by atoms with Crippen LogP contribution in [0.15, 0.2) is 12.1 Å². The summed E-state index contributed by atoms with van der Waals surface area (Å²) in [5, 5.41) is 8.97. The molecule has 0 aliphatic carbocycles. The number of nitrogens with zero attached hydrogens (tertiary/aromatic N) is 1. The first kappa shape index (κ1) is 9.08. The third-order valence-corrected chi connectivity index (χ3v) is 2.57. The zero-order valence-electron chi connectivity index (χ0n) is 8.50. The third kappa shape index (κ3) is 1.46. The first-order valence-electron chi connectivity index (χ1n) is 4.91. The van der Waals surface area contributed by atoms with Gasteiger partial charge in [0.15, 0.2) is 0 Å². The van der Waals surface area contributed by atoms with Crippen LogP contribution in [0.1, 0.15) is 30.0 Å². The molecule has 0 aromatic heterocycles. The highest BCUT2D eigenvalue weighted by atomic mass is 16.5. The van der Waals surface area contributed by atoms with Gasteiger partial charge in [-0.3, -0.25) is 0 Å². The smallest absolute Gasteiger partial charge is 0.140 e. The predicted molar refractivity (Wildman–Crippen MR) is 54.3 cm³/mol. The van der Waals surface area contributed by atoms with Crippen molar-refractivity contribution >= 4 is 0 Å². The Labute approximate surface area is 84.1 Å². The molecule has 1 heterocycles. The van der Waals surface area contributed by atoms with Crippen LogP contribution in [0.3, 0.4) is 0 Å². The highest BCUT2D eigenvalue weighted by Gasteiger charge is 2.19. The average Bonchev–Trinajstić information content (AvgIpc) is 2.17. The summed E-state index contributed by atoms with van der Waals surface area (Å²) in [5.41, 5.74) is 2.99. The number of hydrogen-bond acceptors (Lipinski definition) is 2. The van der Waals surface area contributed by atoms with Gasteiger partial charge in [-0.15, -0.1) is 0 Å². The number of ether oxygens (including phenoxy) is 1. The monoisotopic (exact) mass is 187 g/mol. The number of nitriles is 1. The van der Waals surface area contributed by atoms with Crippen molar-refractivity contribution in [2.24, 2.45) is 0 Å². The Bertz CT molecular complexity index is 404. The quantitative estimate of drug-likeness (QED) is 0.625. The van der Waals surface area contributed by atoms with Crippen molar-refractivity contribution in [2.75, 3.05) is 0 Å². The van der Waals surface area contributed by atoms with E-state index in [0.29, 0.717) is 5.56 Å². The fraction of sp³-hybridized carbons (Fsp3) is 0.417. The van der Waals surface area contributed by atoms with Crippen LogP contribution in [-0.2, 0) is 6.42 Å². The number of fused-ring (bicyclic) bond motifs is 1. The summed E-state index contributed by atoms with van der Waals surface area (Å²) < 4.78 is 5.69. The van der Waals surface area contributed by atoms with E-state index < -0.39 is 0 Å². The van der Waals surface area contributed by atoms with Gasteiger partial charge in [-0.05, 0) is 43.9 Å². The Hall–Kier alpha value is -1.49. The normalized spacial score (nSPS) is 19.4. The highest BCUT2D eigenvalue weighted by Crippen LogP contribution is 2.31. The van der Waals surface area contributed by atoms with E-state index in [1.807, 2.05) is 19.9 Å². The Morgan fingerprint density at radius 3 is 3.00 bits per heavy atom. The lowest BCUT2D eigenvalue weighted by Gasteiger charge is -2.24. The second-order valence-corrected chi connectivity index (χ2v) is 3.88. The van der Waals surface area contributed by atoms with Crippen molar-refractivity contribution in [1.29, 1.82) is 5.26 Å². The molecule has 0 saturated carbocycles. The molecule has 1 aliphatic rings. The first-order valence-corrected chi connectivity index (χ1v) is 4.91.